The summed E-state index contributed by atoms with van der Waals surface area (Å²) in [5.74, 6) is 0.956. The van der Waals surface area contributed by atoms with Crippen LogP contribution in [0.1, 0.15) is 21.8 Å². The van der Waals surface area contributed by atoms with Gasteiger partial charge in [0.15, 0.2) is 0 Å². The van der Waals surface area contributed by atoms with E-state index in [2.05, 4.69) is 15.5 Å². The maximum atomic E-state index is 12.8. The number of hydrogen-bond donors (Lipinski definition) is 1. The molecule has 0 aliphatic carbocycles. The molecule has 28 heavy (non-hydrogen) atoms. The zero-order valence-electron chi connectivity index (χ0n) is 15.1. The van der Waals surface area contributed by atoms with Crippen molar-refractivity contribution in [1.29, 1.82) is 0 Å². The number of amides is 1. The van der Waals surface area contributed by atoms with Crippen LogP contribution in [0.5, 0.6) is 0 Å². The number of rotatable bonds is 6. The number of thiophene rings is 1. The minimum absolute atomic E-state index is 0.137. The summed E-state index contributed by atoms with van der Waals surface area (Å²) in [5, 5.41) is 9.04. The van der Waals surface area contributed by atoms with Gasteiger partial charge in [-0.1, -0.05) is 41.6 Å². The molecule has 1 amide bonds. The Labute approximate surface area is 170 Å². The van der Waals surface area contributed by atoms with Crippen LogP contribution in [0.15, 0.2) is 75.5 Å². The average Bonchev–Trinajstić information content (AvgIpc) is 3.41. The van der Waals surface area contributed by atoms with Crippen LogP contribution in [-0.2, 0) is 6.42 Å². The lowest BCUT2D eigenvalue weighted by atomic mass is 10.1. The maximum Gasteiger partial charge on any atom is 0.256 e. The summed E-state index contributed by atoms with van der Waals surface area (Å²) >= 11 is 3.11. The van der Waals surface area contributed by atoms with E-state index in [9.17, 15) is 4.79 Å². The molecule has 0 spiro atoms. The molecule has 0 aliphatic heterocycles. The first-order valence-electron chi connectivity index (χ1n) is 8.63. The fourth-order valence-corrected chi connectivity index (χ4v) is 4.06. The average molecular weight is 408 g/mol. The highest BCUT2D eigenvalue weighted by molar-refractivity contribution is 7.98. The smallest absolute Gasteiger partial charge is 0.256 e. The van der Waals surface area contributed by atoms with Gasteiger partial charge >= 0.3 is 0 Å². The second-order valence-electron chi connectivity index (χ2n) is 5.98. The van der Waals surface area contributed by atoms with Crippen LogP contribution in [-0.4, -0.2) is 22.3 Å². The molecule has 1 N–H and O–H groups in total. The number of aromatic nitrogens is 2. The topological polar surface area (TPSA) is 68.0 Å². The number of hydrogen-bond acceptors (Lipinski definition) is 6. The first-order valence-corrected chi connectivity index (χ1v) is 10.7. The van der Waals surface area contributed by atoms with Crippen molar-refractivity contribution in [2.24, 2.45) is 0 Å². The van der Waals surface area contributed by atoms with Crippen LogP contribution in [0.3, 0.4) is 0 Å². The molecule has 5 nitrogen and oxygen atoms in total. The largest absolute Gasteiger partial charge is 0.339 e. The third-order valence-electron chi connectivity index (χ3n) is 4.17. The van der Waals surface area contributed by atoms with Gasteiger partial charge in [0.25, 0.3) is 5.91 Å². The van der Waals surface area contributed by atoms with E-state index in [0.717, 1.165) is 21.0 Å². The fraction of sp³-hybridized carbons (Fsp3) is 0.0952. The van der Waals surface area contributed by atoms with Crippen molar-refractivity contribution >= 4 is 34.7 Å². The van der Waals surface area contributed by atoms with E-state index in [1.165, 1.54) is 0 Å². The lowest BCUT2D eigenvalue weighted by Gasteiger charge is -2.11. The van der Waals surface area contributed by atoms with E-state index >= 15 is 0 Å². The van der Waals surface area contributed by atoms with Gasteiger partial charge in [-0.2, -0.15) is 4.98 Å². The Bertz CT molecular complexity index is 1090. The summed E-state index contributed by atoms with van der Waals surface area (Å²) in [4.78, 5) is 19.2. The van der Waals surface area contributed by atoms with Gasteiger partial charge in [0, 0.05) is 10.6 Å². The molecule has 4 aromatic rings. The Kier molecular flexibility index (Phi) is 5.55. The number of anilines is 1. The van der Waals surface area contributed by atoms with Crippen LogP contribution in [0, 0.1) is 0 Å². The molecule has 2 heterocycles. The summed E-state index contributed by atoms with van der Waals surface area (Å²) in [6, 6.07) is 19.1. The molecule has 140 valence electrons. The standard InChI is InChI=1S/C21H17N3O2S2/c1-27-17-10-5-3-8-15(17)21(25)22-16-9-4-2-7-14(16)13-19-23-20(24-26-19)18-11-6-12-28-18/h2-12H,13H2,1H3,(H,22,25). The number of thioether (sulfide) groups is 1. The number of para-hydroxylation sites is 1. The summed E-state index contributed by atoms with van der Waals surface area (Å²) in [7, 11) is 0. The number of nitrogens with one attached hydrogen (secondary N) is 1. The molecule has 0 atom stereocenters. The monoisotopic (exact) mass is 407 g/mol. The van der Waals surface area contributed by atoms with Gasteiger partial charge in [-0.3, -0.25) is 4.79 Å². The predicted molar refractivity (Wildman–Crippen MR) is 113 cm³/mol. The molecule has 0 radical (unpaired) electrons. The number of carbonyl (C=O) groups is 1. The summed E-state index contributed by atoms with van der Waals surface area (Å²) in [6.45, 7) is 0. The van der Waals surface area contributed by atoms with Gasteiger partial charge in [0.1, 0.15) is 0 Å². The molecule has 0 saturated carbocycles. The Morgan fingerprint density at radius 3 is 2.75 bits per heavy atom. The van der Waals surface area contributed by atoms with Crippen molar-refractivity contribution in [2.75, 3.05) is 11.6 Å². The van der Waals surface area contributed by atoms with Crippen molar-refractivity contribution in [2.45, 2.75) is 11.3 Å². The Morgan fingerprint density at radius 2 is 1.93 bits per heavy atom. The van der Waals surface area contributed by atoms with Crippen molar-refractivity contribution in [1.82, 2.24) is 10.1 Å². The van der Waals surface area contributed by atoms with Crippen molar-refractivity contribution in [3.8, 4) is 10.7 Å². The second-order valence-corrected chi connectivity index (χ2v) is 7.77. The highest BCUT2D eigenvalue weighted by atomic mass is 32.2. The zero-order chi connectivity index (χ0) is 19.3. The minimum Gasteiger partial charge on any atom is -0.339 e. The summed E-state index contributed by atoms with van der Waals surface area (Å²) < 4.78 is 5.40. The quantitative estimate of drug-likeness (QED) is 0.436. The number of nitrogens with zero attached hydrogens (tertiary/aromatic N) is 2. The zero-order valence-corrected chi connectivity index (χ0v) is 16.7. The van der Waals surface area contributed by atoms with Crippen molar-refractivity contribution in [3.63, 3.8) is 0 Å². The van der Waals surface area contributed by atoms with Crippen LogP contribution < -0.4 is 5.32 Å². The molecular weight excluding hydrogens is 390 g/mol. The molecule has 2 aromatic heterocycles. The van der Waals surface area contributed by atoms with Crippen LogP contribution in [0.4, 0.5) is 5.69 Å². The molecule has 4 rings (SSSR count). The summed E-state index contributed by atoms with van der Waals surface area (Å²) in [5.41, 5.74) is 2.31. The molecule has 7 heteroatoms. The first kappa shape index (κ1) is 18.5. The molecule has 0 unspecified atom stereocenters. The Balaban J connectivity index is 1.55. The van der Waals surface area contributed by atoms with Gasteiger partial charge in [-0.15, -0.1) is 23.1 Å². The van der Waals surface area contributed by atoms with Gasteiger partial charge in [0.2, 0.25) is 11.7 Å². The molecule has 2 aromatic carbocycles. The Morgan fingerprint density at radius 1 is 1.11 bits per heavy atom. The van der Waals surface area contributed by atoms with E-state index in [4.69, 9.17) is 4.52 Å². The SMILES string of the molecule is CSc1ccccc1C(=O)Nc1ccccc1Cc1nc(-c2cccs2)no1. The Hall–Kier alpha value is -2.90. The van der Waals surface area contributed by atoms with E-state index in [-0.39, 0.29) is 5.91 Å². The van der Waals surface area contributed by atoms with Crippen molar-refractivity contribution in [3.05, 3.63) is 83.1 Å². The van der Waals surface area contributed by atoms with Crippen LogP contribution >= 0.6 is 23.1 Å². The van der Waals surface area contributed by atoms with Gasteiger partial charge in [-0.05, 0) is 41.5 Å². The number of benzene rings is 2. The molecule has 0 aliphatic rings. The van der Waals surface area contributed by atoms with Gasteiger partial charge < -0.3 is 9.84 Å². The third-order valence-corrected chi connectivity index (χ3v) is 5.83. The molecule has 0 bridgehead atoms. The lowest BCUT2D eigenvalue weighted by molar-refractivity contribution is 0.102. The normalized spacial score (nSPS) is 10.8. The molecular formula is C21H17N3O2S2. The lowest BCUT2D eigenvalue weighted by Crippen LogP contribution is -2.14. The maximum absolute atomic E-state index is 12.8. The second kappa shape index (κ2) is 8.41. The molecule has 0 fully saturated rings. The van der Waals surface area contributed by atoms with Crippen LogP contribution in [0.25, 0.3) is 10.7 Å². The van der Waals surface area contributed by atoms with E-state index in [1.54, 1.807) is 23.1 Å². The van der Waals surface area contributed by atoms with E-state index < -0.39 is 0 Å². The first-order chi connectivity index (χ1) is 13.7. The van der Waals surface area contributed by atoms with Crippen molar-refractivity contribution < 1.29 is 9.32 Å². The van der Waals surface area contributed by atoms with E-state index in [1.807, 2.05) is 72.3 Å². The number of carbonyl (C=O) groups excluding carboxylic acids is 1. The summed E-state index contributed by atoms with van der Waals surface area (Å²) in [6.07, 6.45) is 2.40. The predicted octanol–water partition coefficient (Wildman–Crippen LogP) is 5.36. The van der Waals surface area contributed by atoms with Crippen LogP contribution in [0.2, 0.25) is 0 Å². The van der Waals surface area contributed by atoms with Gasteiger partial charge in [-0.25, -0.2) is 0 Å². The van der Waals surface area contributed by atoms with Gasteiger partial charge in [0.05, 0.1) is 16.9 Å². The fourth-order valence-electron chi connectivity index (χ4n) is 2.81. The third kappa shape index (κ3) is 4.00. The highest BCUT2D eigenvalue weighted by Crippen LogP contribution is 2.25. The minimum atomic E-state index is -0.137. The van der Waals surface area contributed by atoms with E-state index in [0.29, 0.717) is 23.7 Å². The molecule has 0 saturated heterocycles. The highest BCUT2D eigenvalue weighted by Gasteiger charge is 2.15.